The Balaban J connectivity index is 2.74. The second-order valence-electron chi connectivity index (χ2n) is 4.96. The lowest BCUT2D eigenvalue weighted by atomic mass is 10.00. The Hall–Kier alpha value is -1.64. The van der Waals surface area contributed by atoms with Crippen LogP contribution in [0.1, 0.15) is 31.1 Å². The van der Waals surface area contributed by atoms with Crippen LogP contribution in [0.15, 0.2) is 26.2 Å². The van der Waals surface area contributed by atoms with Gasteiger partial charge in [0.25, 0.3) is 0 Å². The fourth-order valence-corrected chi connectivity index (χ4v) is 2.60. The molecule has 0 saturated heterocycles. The lowest BCUT2D eigenvalue weighted by Crippen LogP contribution is -2.22. The van der Waals surface area contributed by atoms with Gasteiger partial charge in [-0.15, -0.1) is 12.6 Å². The number of ether oxygens (including phenoxy) is 1. The van der Waals surface area contributed by atoms with E-state index in [2.05, 4.69) is 25.4 Å². The molecule has 1 N–H and O–H groups in total. The van der Waals surface area contributed by atoms with Gasteiger partial charge in [-0.25, -0.2) is 13.9 Å². The smallest absolute Gasteiger partial charge is 0.424 e. The number of fused-ring (bicyclic) bond motifs is 1. The van der Waals surface area contributed by atoms with E-state index in [1.165, 1.54) is 6.07 Å². The first-order chi connectivity index (χ1) is 10.8. The molecule has 2 rings (SSSR count). The van der Waals surface area contributed by atoms with Crippen molar-refractivity contribution >= 4 is 48.2 Å². The lowest BCUT2D eigenvalue weighted by Gasteiger charge is -2.19. The van der Waals surface area contributed by atoms with Gasteiger partial charge >= 0.3 is 11.7 Å². The summed E-state index contributed by atoms with van der Waals surface area (Å²) in [5, 5.41) is 10.6. The van der Waals surface area contributed by atoms with Crippen LogP contribution < -0.4 is 9.93 Å². The Morgan fingerprint density at radius 1 is 1.48 bits per heavy atom. The summed E-state index contributed by atoms with van der Waals surface area (Å²) in [5.41, 5.74) is 1.07. The summed E-state index contributed by atoms with van der Waals surface area (Å²) in [6.07, 6.45) is -1.52. The van der Waals surface area contributed by atoms with Gasteiger partial charge in [-0.1, -0.05) is 12.8 Å². The van der Waals surface area contributed by atoms with E-state index in [0.29, 0.717) is 22.2 Å². The van der Waals surface area contributed by atoms with Gasteiger partial charge in [0.2, 0.25) is 0 Å². The maximum absolute atomic E-state index is 11.8. The fraction of sp³-hybridized carbons (Fsp3) is 0.333. The molecule has 0 bridgehead atoms. The number of amides is 1. The molecule has 124 valence electrons. The van der Waals surface area contributed by atoms with Crippen LogP contribution in [0.4, 0.5) is 10.5 Å². The van der Waals surface area contributed by atoms with E-state index < -0.39 is 17.8 Å². The normalized spacial score (nSPS) is 12.3. The number of benzene rings is 1. The Morgan fingerprint density at radius 2 is 2.13 bits per heavy atom. The number of hydrogen-bond donors (Lipinski definition) is 3. The molecule has 0 aliphatic carbocycles. The predicted molar refractivity (Wildman–Crippen MR) is 93.6 cm³/mol. The van der Waals surface area contributed by atoms with Gasteiger partial charge in [-0.2, -0.15) is 0 Å². The van der Waals surface area contributed by atoms with Crippen LogP contribution in [0.2, 0.25) is 0 Å². The maximum Gasteiger partial charge on any atom is 0.424 e. The summed E-state index contributed by atoms with van der Waals surface area (Å²) in [4.78, 5) is 23.8. The molecule has 2 aromatic rings. The number of carbonyl (C=O) groups excluding carboxylic acids is 1. The summed E-state index contributed by atoms with van der Waals surface area (Å²) in [6.45, 7) is 5.17. The minimum absolute atomic E-state index is 0.181. The second-order valence-corrected chi connectivity index (χ2v) is 5.81. The van der Waals surface area contributed by atoms with E-state index >= 15 is 0 Å². The first kappa shape index (κ1) is 17.7. The van der Waals surface area contributed by atoms with Crippen molar-refractivity contribution in [3.63, 3.8) is 0 Å². The maximum atomic E-state index is 11.8. The number of carbonyl (C=O) groups is 1. The van der Waals surface area contributed by atoms with E-state index in [1.807, 2.05) is 0 Å². The van der Waals surface area contributed by atoms with Crippen molar-refractivity contribution < 1.29 is 19.1 Å². The lowest BCUT2D eigenvalue weighted by molar-refractivity contribution is 0.164. The molecule has 0 aliphatic rings. The molecule has 1 atom stereocenters. The number of nitrogens with zero attached hydrogens (tertiary/aromatic N) is 1. The Morgan fingerprint density at radius 3 is 2.70 bits per heavy atom. The standard InChI is InChI=1S/C15H17NO5S2/c1-4-20-15(19)16(23)9-5-10(8(3)17)12-7(2)13(22)14(18)21-11(12)6-9/h5-6,8,17,22-23H,4H2,1-3H3. The molecule has 8 heteroatoms. The average Bonchev–Trinajstić information content (AvgIpc) is 2.50. The number of aliphatic hydroxyl groups excluding tert-OH is 1. The summed E-state index contributed by atoms with van der Waals surface area (Å²) in [5.74, 6) is 0. The third-order valence-electron chi connectivity index (χ3n) is 3.38. The highest BCUT2D eigenvalue weighted by molar-refractivity contribution is 7.82. The summed E-state index contributed by atoms with van der Waals surface area (Å²) >= 11 is 8.25. The largest absolute Gasteiger partial charge is 0.449 e. The Labute approximate surface area is 144 Å². The number of hydrogen-bond acceptors (Lipinski definition) is 7. The fourth-order valence-electron chi connectivity index (χ4n) is 2.27. The molecule has 23 heavy (non-hydrogen) atoms. The summed E-state index contributed by atoms with van der Waals surface area (Å²) in [6, 6.07) is 3.09. The van der Waals surface area contributed by atoms with Crippen molar-refractivity contribution in [2.24, 2.45) is 0 Å². The van der Waals surface area contributed by atoms with Crippen LogP contribution in [-0.4, -0.2) is 17.8 Å². The third-order valence-corrected chi connectivity index (χ3v) is 4.29. The molecule has 0 radical (unpaired) electrons. The van der Waals surface area contributed by atoms with Gasteiger partial charge in [0, 0.05) is 11.5 Å². The number of thiol groups is 2. The Bertz CT molecular complexity index is 816. The summed E-state index contributed by atoms with van der Waals surface area (Å²) < 4.78 is 11.1. The van der Waals surface area contributed by atoms with Crippen LogP contribution in [-0.2, 0) is 4.74 Å². The molecular weight excluding hydrogens is 338 g/mol. The van der Waals surface area contributed by atoms with Gasteiger partial charge < -0.3 is 14.3 Å². The molecule has 1 aromatic carbocycles. The van der Waals surface area contributed by atoms with E-state index in [9.17, 15) is 14.7 Å². The highest BCUT2D eigenvalue weighted by Gasteiger charge is 2.20. The number of aryl methyl sites for hydroxylation is 1. The first-order valence-corrected chi connectivity index (χ1v) is 7.76. The number of rotatable bonds is 3. The number of aliphatic hydroxyl groups is 1. The molecular formula is C15H17NO5S2. The molecule has 0 spiro atoms. The van der Waals surface area contributed by atoms with Gasteiger partial charge in [-0.3, -0.25) is 0 Å². The van der Waals surface area contributed by atoms with Crippen LogP contribution in [0, 0.1) is 6.92 Å². The van der Waals surface area contributed by atoms with Gasteiger partial charge in [-0.05, 0) is 38.0 Å². The third kappa shape index (κ3) is 3.34. The van der Waals surface area contributed by atoms with E-state index in [1.54, 1.807) is 26.8 Å². The number of anilines is 1. The highest BCUT2D eigenvalue weighted by Crippen LogP contribution is 2.34. The second kappa shape index (κ2) is 6.86. The van der Waals surface area contributed by atoms with Crippen molar-refractivity contribution in [2.75, 3.05) is 10.9 Å². The molecule has 1 amide bonds. The average molecular weight is 355 g/mol. The highest BCUT2D eigenvalue weighted by atomic mass is 32.1. The first-order valence-electron chi connectivity index (χ1n) is 6.92. The van der Waals surface area contributed by atoms with Crippen LogP contribution in [0.25, 0.3) is 11.0 Å². The topological polar surface area (TPSA) is 80.0 Å². The molecule has 1 heterocycles. The van der Waals surface area contributed by atoms with Crippen LogP contribution in [0.5, 0.6) is 0 Å². The van der Waals surface area contributed by atoms with E-state index in [4.69, 9.17) is 9.15 Å². The van der Waals surface area contributed by atoms with Crippen LogP contribution >= 0.6 is 25.4 Å². The zero-order valence-corrected chi connectivity index (χ0v) is 14.6. The van der Waals surface area contributed by atoms with Gasteiger partial charge in [0.05, 0.1) is 23.3 Å². The molecule has 6 nitrogen and oxygen atoms in total. The molecule has 1 unspecified atom stereocenters. The zero-order chi connectivity index (χ0) is 17.3. The van der Waals surface area contributed by atoms with E-state index in [0.717, 1.165) is 4.31 Å². The molecule has 1 aromatic heterocycles. The quantitative estimate of drug-likeness (QED) is 0.582. The molecule has 0 saturated carbocycles. The minimum Gasteiger partial charge on any atom is -0.449 e. The van der Waals surface area contributed by atoms with Gasteiger partial charge in [0.1, 0.15) is 5.58 Å². The van der Waals surface area contributed by atoms with Crippen molar-refractivity contribution in [1.82, 2.24) is 0 Å². The van der Waals surface area contributed by atoms with Crippen molar-refractivity contribution in [3.05, 3.63) is 33.7 Å². The SMILES string of the molecule is CCOC(=O)N(S)c1cc(C(C)O)c2c(C)c(S)c(=O)oc2c1. The Kier molecular flexibility index (Phi) is 5.28. The summed E-state index contributed by atoms with van der Waals surface area (Å²) in [7, 11) is 0. The van der Waals surface area contributed by atoms with Crippen molar-refractivity contribution in [2.45, 2.75) is 31.8 Å². The van der Waals surface area contributed by atoms with Crippen molar-refractivity contribution in [1.29, 1.82) is 0 Å². The van der Waals surface area contributed by atoms with Gasteiger partial charge in [0.15, 0.2) is 0 Å². The minimum atomic E-state index is -0.847. The predicted octanol–water partition coefficient (Wildman–Crippen LogP) is 3.25. The monoisotopic (exact) mass is 355 g/mol. The molecule has 0 aliphatic heterocycles. The molecule has 0 fully saturated rings. The van der Waals surface area contributed by atoms with Crippen LogP contribution in [0.3, 0.4) is 0 Å². The zero-order valence-electron chi connectivity index (χ0n) is 12.9. The van der Waals surface area contributed by atoms with E-state index in [-0.39, 0.29) is 17.1 Å². The van der Waals surface area contributed by atoms with Crippen molar-refractivity contribution in [3.8, 4) is 0 Å².